The van der Waals surface area contributed by atoms with E-state index in [1.807, 2.05) is 23.6 Å². The molecule has 3 rings (SSSR count). The van der Waals surface area contributed by atoms with Crippen LogP contribution in [-0.4, -0.2) is 15.3 Å². The fourth-order valence-corrected chi connectivity index (χ4v) is 3.01. The van der Waals surface area contributed by atoms with E-state index in [4.69, 9.17) is 0 Å². The molecule has 0 aliphatic carbocycles. The number of nitrogens with one attached hydrogen (secondary N) is 1. The molecule has 0 spiro atoms. The zero-order valence-electron chi connectivity index (χ0n) is 13.1. The van der Waals surface area contributed by atoms with Crippen LogP contribution in [0.2, 0.25) is 0 Å². The summed E-state index contributed by atoms with van der Waals surface area (Å²) in [6.07, 6.45) is -0.770. The minimum Gasteiger partial charge on any atom is -0.346 e. The molecule has 1 amide bonds. The lowest BCUT2D eigenvalue weighted by molar-refractivity contribution is -0.137. The molecule has 0 unspecified atom stereocenters. The molecule has 4 nitrogen and oxygen atoms in total. The minimum atomic E-state index is -4.42. The van der Waals surface area contributed by atoms with Crippen molar-refractivity contribution in [1.29, 1.82) is 0 Å². The van der Waals surface area contributed by atoms with Crippen LogP contribution in [0.5, 0.6) is 0 Å². The summed E-state index contributed by atoms with van der Waals surface area (Å²) >= 11 is 3.41. The van der Waals surface area contributed by atoms with Crippen LogP contribution in [0.1, 0.15) is 27.2 Å². The van der Waals surface area contributed by atoms with Crippen LogP contribution >= 0.6 is 15.9 Å². The smallest absolute Gasteiger partial charge is 0.346 e. The van der Waals surface area contributed by atoms with Gasteiger partial charge in [-0.3, -0.25) is 4.79 Å². The number of imidazole rings is 1. The van der Waals surface area contributed by atoms with E-state index >= 15 is 0 Å². The zero-order valence-corrected chi connectivity index (χ0v) is 14.6. The number of carbonyl (C=O) groups excluding carboxylic acids is 1. The van der Waals surface area contributed by atoms with E-state index in [-0.39, 0.29) is 12.1 Å². The van der Waals surface area contributed by atoms with E-state index in [0.29, 0.717) is 5.69 Å². The second kappa shape index (κ2) is 6.51. The molecule has 2 heterocycles. The maximum Gasteiger partial charge on any atom is 0.416 e. The maximum atomic E-state index is 12.5. The molecule has 0 aliphatic rings. The van der Waals surface area contributed by atoms with Gasteiger partial charge >= 0.3 is 6.18 Å². The van der Waals surface area contributed by atoms with Gasteiger partial charge in [0.2, 0.25) is 0 Å². The van der Waals surface area contributed by atoms with Gasteiger partial charge in [-0.15, -0.1) is 0 Å². The van der Waals surface area contributed by atoms with E-state index in [0.717, 1.165) is 39.9 Å². The van der Waals surface area contributed by atoms with Crippen LogP contribution in [0, 0.1) is 6.92 Å². The second-order valence-electron chi connectivity index (χ2n) is 5.56. The predicted octanol–water partition coefficient (Wildman–Crippen LogP) is 4.35. The highest BCUT2D eigenvalue weighted by Crippen LogP contribution is 2.29. The number of pyridine rings is 1. The van der Waals surface area contributed by atoms with E-state index in [1.54, 1.807) is 6.20 Å². The van der Waals surface area contributed by atoms with Crippen molar-refractivity contribution in [2.45, 2.75) is 19.6 Å². The number of nitrogens with zero attached hydrogens (tertiary/aromatic N) is 2. The number of alkyl halides is 3. The highest BCUT2D eigenvalue weighted by atomic mass is 79.9. The first-order chi connectivity index (χ1) is 11.7. The van der Waals surface area contributed by atoms with Gasteiger partial charge in [0.15, 0.2) is 0 Å². The van der Waals surface area contributed by atoms with Crippen molar-refractivity contribution in [3.05, 3.63) is 69.6 Å². The fraction of sp³-hybridized carbons (Fsp3) is 0.176. The molecule has 25 heavy (non-hydrogen) atoms. The first-order valence-corrected chi connectivity index (χ1v) is 8.12. The molecule has 1 aromatic carbocycles. The van der Waals surface area contributed by atoms with Crippen molar-refractivity contribution < 1.29 is 18.0 Å². The molecule has 0 saturated carbocycles. The maximum absolute atomic E-state index is 12.5. The summed E-state index contributed by atoms with van der Waals surface area (Å²) in [7, 11) is 0. The van der Waals surface area contributed by atoms with E-state index < -0.39 is 17.6 Å². The second-order valence-corrected chi connectivity index (χ2v) is 6.48. The Morgan fingerprint density at radius 1 is 1.24 bits per heavy atom. The van der Waals surface area contributed by atoms with Crippen molar-refractivity contribution in [3.8, 4) is 0 Å². The lowest BCUT2D eigenvalue weighted by atomic mass is 10.1. The zero-order chi connectivity index (χ0) is 18.2. The van der Waals surface area contributed by atoms with Crippen molar-refractivity contribution in [2.24, 2.45) is 0 Å². The van der Waals surface area contributed by atoms with Crippen molar-refractivity contribution in [2.75, 3.05) is 0 Å². The lowest BCUT2D eigenvalue weighted by Crippen LogP contribution is -2.23. The Balaban J connectivity index is 1.71. The summed E-state index contributed by atoms with van der Waals surface area (Å²) in [5.41, 5.74) is 1.79. The molecule has 0 fully saturated rings. The normalized spacial score (nSPS) is 11.7. The van der Waals surface area contributed by atoms with Crippen molar-refractivity contribution in [3.63, 3.8) is 0 Å². The van der Waals surface area contributed by atoms with Crippen LogP contribution in [0.25, 0.3) is 5.65 Å². The average Bonchev–Trinajstić information content (AvgIpc) is 2.95. The highest BCUT2D eigenvalue weighted by molar-refractivity contribution is 9.10. The van der Waals surface area contributed by atoms with Gasteiger partial charge in [-0.2, -0.15) is 13.2 Å². The van der Waals surface area contributed by atoms with Crippen LogP contribution < -0.4 is 5.32 Å². The molecule has 0 bridgehead atoms. The lowest BCUT2D eigenvalue weighted by Gasteiger charge is -2.07. The standard InChI is InChI=1S/C17H13BrF3N3O/c1-10-6-13(18)8-24-9-14(23-15(10)24)7-22-16(25)11-2-4-12(5-3-11)17(19,20)21/h2-6,8-9H,7H2,1H3,(H,22,25). The molecular weight excluding hydrogens is 399 g/mol. The Bertz CT molecular complexity index is 933. The monoisotopic (exact) mass is 411 g/mol. The van der Waals surface area contributed by atoms with E-state index in [9.17, 15) is 18.0 Å². The van der Waals surface area contributed by atoms with Crippen LogP contribution in [0.3, 0.4) is 0 Å². The number of aromatic nitrogens is 2. The van der Waals surface area contributed by atoms with Crippen molar-refractivity contribution >= 4 is 27.5 Å². The number of carbonyl (C=O) groups is 1. The number of hydrogen-bond donors (Lipinski definition) is 1. The fourth-order valence-electron chi connectivity index (χ4n) is 2.44. The third kappa shape index (κ3) is 3.84. The molecule has 1 N–H and O–H groups in total. The molecule has 0 atom stereocenters. The number of amides is 1. The largest absolute Gasteiger partial charge is 0.416 e. The number of aryl methyl sites for hydroxylation is 1. The summed E-state index contributed by atoms with van der Waals surface area (Å²) in [6.45, 7) is 2.11. The number of fused-ring (bicyclic) bond motifs is 1. The van der Waals surface area contributed by atoms with Crippen molar-refractivity contribution in [1.82, 2.24) is 14.7 Å². The molecule has 0 saturated heterocycles. The molecule has 8 heteroatoms. The summed E-state index contributed by atoms with van der Waals surface area (Å²) in [5.74, 6) is -0.455. The van der Waals surface area contributed by atoms with Gasteiger partial charge in [0, 0.05) is 22.4 Å². The molecule has 0 radical (unpaired) electrons. The quantitative estimate of drug-likeness (QED) is 0.695. The SMILES string of the molecule is Cc1cc(Br)cn2cc(CNC(=O)c3ccc(C(F)(F)F)cc3)nc12. The number of rotatable bonds is 3. The Kier molecular flexibility index (Phi) is 4.55. The van der Waals surface area contributed by atoms with Gasteiger partial charge in [-0.25, -0.2) is 4.98 Å². The predicted molar refractivity (Wildman–Crippen MR) is 90.2 cm³/mol. The summed E-state index contributed by atoms with van der Waals surface area (Å²) in [5, 5.41) is 2.66. The van der Waals surface area contributed by atoms with Gasteiger partial charge in [-0.1, -0.05) is 0 Å². The van der Waals surface area contributed by atoms with Gasteiger partial charge in [0.25, 0.3) is 5.91 Å². The summed E-state index contributed by atoms with van der Waals surface area (Å²) in [4.78, 5) is 16.5. The molecule has 2 aromatic heterocycles. The average molecular weight is 412 g/mol. The Hall–Kier alpha value is -2.35. The van der Waals surface area contributed by atoms with Gasteiger partial charge in [0.1, 0.15) is 5.65 Å². The highest BCUT2D eigenvalue weighted by Gasteiger charge is 2.30. The number of halogens is 4. The van der Waals surface area contributed by atoms with Crippen LogP contribution in [0.15, 0.2) is 47.2 Å². The first-order valence-electron chi connectivity index (χ1n) is 7.33. The molecule has 130 valence electrons. The van der Waals surface area contributed by atoms with E-state index in [1.165, 1.54) is 0 Å². The van der Waals surface area contributed by atoms with Gasteiger partial charge < -0.3 is 9.72 Å². The summed E-state index contributed by atoms with van der Waals surface area (Å²) in [6, 6.07) is 6.03. The topological polar surface area (TPSA) is 46.4 Å². The molecule has 0 aliphatic heterocycles. The molecule has 3 aromatic rings. The van der Waals surface area contributed by atoms with Gasteiger partial charge in [0.05, 0.1) is 17.8 Å². The third-order valence-electron chi connectivity index (χ3n) is 3.66. The Labute approximate surface area is 149 Å². The summed E-state index contributed by atoms with van der Waals surface area (Å²) < 4.78 is 40.4. The Morgan fingerprint density at radius 3 is 2.56 bits per heavy atom. The minimum absolute atomic E-state index is 0.163. The van der Waals surface area contributed by atoms with Crippen LogP contribution in [-0.2, 0) is 12.7 Å². The van der Waals surface area contributed by atoms with E-state index in [2.05, 4.69) is 26.2 Å². The Morgan fingerprint density at radius 2 is 1.92 bits per heavy atom. The van der Waals surface area contributed by atoms with Crippen LogP contribution in [0.4, 0.5) is 13.2 Å². The number of benzene rings is 1. The number of hydrogen-bond acceptors (Lipinski definition) is 2. The molecular formula is C17H13BrF3N3O. The third-order valence-corrected chi connectivity index (χ3v) is 4.09. The first kappa shape index (κ1) is 17.5. The van der Waals surface area contributed by atoms with Gasteiger partial charge in [-0.05, 0) is 58.7 Å².